The lowest BCUT2D eigenvalue weighted by molar-refractivity contribution is 0.110. The SMILES string of the molecule is CSc1ncc(CN2CCCC(N3CCCC3)C2)cn1. The third kappa shape index (κ3) is 3.51. The third-order valence-electron chi connectivity index (χ3n) is 4.41. The first kappa shape index (κ1) is 14.3. The van der Waals surface area contributed by atoms with Crippen LogP contribution in [0.1, 0.15) is 31.2 Å². The van der Waals surface area contributed by atoms with E-state index in [1.165, 1.54) is 57.4 Å². The molecule has 3 rings (SSSR count). The van der Waals surface area contributed by atoms with Crippen LogP contribution in [0.3, 0.4) is 0 Å². The van der Waals surface area contributed by atoms with Crippen molar-refractivity contribution in [3.63, 3.8) is 0 Å². The number of likely N-dealkylation sites (tertiary alicyclic amines) is 2. The average molecular weight is 292 g/mol. The lowest BCUT2D eigenvalue weighted by atomic mass is 10.0. The Hall–Kier alpha value is -0.650. The molecule has 1 atom stereocenters. The van der Waals surface area contributed by atoms with Crippen molar-refractivity contribution in [1.29, 1.82) is 0 Å². The predicted octanol–water partition coefficient (Wildman–Crippen LogP) is 2.26. The van der Waals surface area contributed by atoms with Gasteiger partial charge in [0.2, 0.25) is 0 Å². The van der Waals surface area contributed by atoms with Crippen LogP contribution in [0.2, 0.25) is 0 Å². The van der Waals surface area contributed by atoms with Crippen molar-refractivity contribution in [3.8, 4) is 0 Å². The maximum Gasteiger partial charge on any atom is 0.187 e. The fraction of sp³-hybridized carbons (Fsp3) is 0.733. The summed E-state index contributed by atoms with van der Waals surface area (Å²) in [4.78, 5) is 14.0. The quantitative estimate of drug-likeness (QED) is 0.628. The van der Waals surface area contributed by atoms with E-state index in [0.717, 1.165) is 17.7 Å². The number of nitrogens with zero attached hydrogens (tertiary/aromatic N) is 4. The van der Waals surface area contributed by atoms with Gasteiger partial charge in [-0.15, -0.1) is 0 Å². The molecule has 3 heterocycles. The zero-order chi connectivity index (χ0) is 13.8. The molecule has 0 N–H and O–H groups in total. The molecule has 2 aliphatic rings. The number of rotatable bonds is 4. The molecule has 4 nitrogen and oxygen atoms in total. The van der Waals surface area contributed by atoms with Gasteiger partial charge in [-0.1, -0.05) is 11.8 Å². The van der Waals surface area contributed by atoms with Crippen molar-refractivity contribution in [2.45, 2.75) is 43.4 Å². The molecule has 0 radical (unpaired) electrons. The second-order valence-corrected chi connectivity index (χ2v) is 6.63. The van der Waals surface area contributed by atoms with Gasteiger partial charge in [0.15, 0.2) is 5.16 Å². The molecule has 2 saturated heterocycles. The minimum Gasteiger partial charge on any atom is -0.299 e. The average Bonchev–Trinajstić information content (AvgIpc) is 3.03. The van der Waals surface area contributed by atoms with E-state index in [-0.39, 0.29) is 0 Å². The highest BCUT2D eigenvalue weighted by atomic mass is 32.2. The molecule has 20 heavy (non-hydrogen) atoms. The van der Waals surface area contributed by atoms with Crippen molar-refractivity contribution in [3.05, 3.63) is 18.0 Å². The van der Waals surface area contributed by atoms with E-state index in [1.807, 2.05) is 18.6 Å². The monoisotopic (exact) mass is 292 g/mol. The zero-order valence-electron chi connectivity index (χ0n) is 12.3. The molecule has 1 aromatic rings. The normalized spacial score (nSPS) is 25.1. The van der Waals surface area contributed by atoms with Gasteiger partial charge < -0.3 is 0 Å². The Balaban J connectivity index is 1.56. The van der Waals surface area contributed by atoms with E-state index < -0.39 is 0 Å². The van der Waals surface area contributed by atoms with Gasteiger partial charge in [0.25, 0.3) is 0 Å². The van der Waals surface area contributed by atoms with Crippen molar-refractivity contribution in [2.75, 3.05) is 32.4 Å². The van der Waals surface area contributed by atoms with Crippen LogP contribution in [0.4, 0.5) is 0 Å². The van der Waals surface area contributed by atoms with Crippen LogP contribution >= 0.6 is 11.8 Å². The molecule has 0 saturated carbocycles. The van der Waals surface area contributed by atoms with Gasteiger partial charge in [-0.3, -0.25) is 9.80 Å². The van der Waals surface area contributed by atoms with Crippen LogP contribution in [0.5, 0.6) is 0 Å². The summed E-state index contributed by atoms with van der Waals surface area (Å²) in [7, 11) is 0. The summed E-state index contributed by atoms with van der Waals surface area (Å²) in [5.41, 5.74) is 1.24. The standard InChI is InChI=1S/C15H24N4S/c1-20-15-16-9-13(10-17-15)11-18-6-4-5-14(12-18)19-7-2-3-8-19/h9-10,14H,2-8,11-12H2,1H3. The van der Waals surface area contributed by atoms with Gasteiger partial charge in [0, 0.05) is 37.1 Å². The van der Waals surface area contributed by atoms with Gasteiger partial charge in [0.05, 0.1) is 0 Å². The Labute approximate surface area is 126 Å². The molecular weight excluding hydrogens is 268 g/mol. The maximum atomic E-state index is 4.37. The minimum absolute atomic E-state index is 0.776. The topological polar surface area (TPSA) is 32.3 Å². The molecule has 5 heteroatoms. The Bertz CT molecular complexity index is 416. The fourth-order valence-corrected chi connectivity index (χ4v) is 3.68. The van der Waals surface area contributed by atoms with Crippen molar-refractivity contribution >= 4 is 11.8 Å². The van der Waals surface area contributed by atoms with Crippen molar-refractivity contribution in [1.82, 2.24) is 19.8 Å². The lowest BCUT2D eigenvalue weighted by Crippen LogP contribution is -2.46. The summed E-state index contributed by atoms with van der Waals surface area (Å²) in [6.45, 7) is 6.05. The van der Waals surface area contributed by atoms with Gasteiger partial charge in [0.1, 0.15) is 0 Å². The summed E-state index contributed by atoms with van der Waals surface area (Å²) in [6.07, 6.45) is 11.5. The highest BCUT2D eigenvalue weighted by molar-refractivity contribution is 7.98. The Kier molecular flexibility index (Phi) is 4.91. The first-order valence-corrected chi connectivity index (χ1v) is 8.89. The lowest BCUT2D eigenvalue weighted by Gasteiger charge is -2.37. The Morgan fingerprint density at radius 2 is 1.90 bits per heavy atom. The highest BCUT2D eigenvalue weighted by Crippen LogP contribution is 2.21. The summed E-state index contributed by atoms with van der Waals surface area (Å²) < 4.78 is 0. The molecule has 0 aromatic carbocycles. The molecule has 1 aromatic heterocycles. The van der Waals surface area contributed by atoms with E-state index in [1.54, 1.807) is 11.8 Å². The number of hydrogen-bond acceptors (Lipinski definition) is 5. The van der Waals surface area contributed by atoms with Gasteiger partial charge in [-0.2, -0.15) is 0 Å². The molecule has 0 aliphatic carbocycles. The highest BCUT2D eigenvalue weighted by Gasteiger charge is 2.26. The molecule has 1 unspecified atom stereocenters. The van der Waals surface area contributed by atoms with Crippen LogP contribution in [-0.2, 0) is 6.54 Å². The molecule has 0 spiro atoms. The van der Waals surface area contributed by atoms with Gasteiger partial charge >= 0.3 is 0 Å². The second kappa shape index (κ2) is 6.87. The number of hydrogen-bond donors (Lipinski definition) is 0. The summed E-state index contributed by atoms with van der Waals surface area (Å²) in [5, 5.41) is 0.863. The molecule has 2 fully saturated rings. The van der Waals surface area contributed by atoms with Crippen LogP contribution in [0.15, 0.2) is 17.6 Å². The van der Waals surface area contributed by atoms with Gasteiger partial charge in [-0.05, 0) is 51.6 Å². The van der Waals surface area contributed by atoms with E-state index in [4.69, 9.17) is 0 Å². The van der Waals surface area contributed by atoms with E-state index in [2.05, 4.69) is 19.8 Å². The third-order valence-corrected chi connectivity index (χ3v) is 4.98. The second-order valence-electron chi connectivity index (χ2n) is 5.85. The van der Waals surface area contributed by atoms with E-state index in [9.17, 15) is 0 Å². The smallest absolute Gasteiger partial charge is 0.187 e. The van der Waals surface area contributed by atoms with Crippen LogP contribution in [0, 0.1) is 0 Å². The largest absolute Gasteiger partial charge is 0.299 e. The van der Waals surface area contributed by atoms with Crippen LogP contribution in [0.25, 0.3) is 0 Å². The molecule has 0 bridgehead atoms. The number of piperidine rings is 1. The molecule has 2 aliphatic heterocycles. The fourth-order valence-electron chi connectivity index (χ4n) is 3.37. The first-order valence-electron chi connectivity index (χ1n) is 7.66. The van der Waals surface area contributed by atoms with Crippen LogP contribution in [-0.4, -0.2) is 58.2 Å². The Morgan fingerprint density at radius 1 is 1.15 bits per heavy atom. The number of aromatic nitrogens is 2. The maximum absolute atomic E-state index is 4.37. The van der Waals surface area contributed by atoms with Crippen molar-refractivity contribution < 1.29 is 0 Å². The van der Waals surface area contributed by atoms with Crippen molar-refractivity contribution in [2.24, 2.45) is 0 Å². The van der Waals surface area contributed by atoms with Crippen LogP contribution < -0.4 is 0 Å². The molecule has 110 valence electrons. The zero-order valence-corrected chi connectivity index (χ0v) is 13.1. The first-order chi connectivity index (χ1) is 9.85. The predicted molar refractivity (Wildman–Crippen MR) is 82.9 cm³/mol. The Morgan fingerprint density at radius 3 is 2.60 bits per heavy atom. The molecular formula is C15H24N4S. The van der Waals surface area contributed by atoms with E-state index in [0.29, 0.717) is 0 Å². The molecule has 0 amide bonds. The van der Waals surface area contributed by atoms with E-state index >= 15 is 0 Å². The summed E-state index contributed by atoms with van der Waals surface area (Å²) in [5.74, 6) is 0. The minimum atomic E-state index is 0.776. The summed E-state index contributed by atoms with van der Waals surface area (Å²) >= 11 is 1.60. The van der Waals surface area contributed by atoms with Gasteiger partial charge in [-0.25, -0.2) is 9.97 Å². The number of thioether (sulfide) groups is 1. The summed E-state index contributed by atoms with van der Waals surface area (Å²) in [6, 6.07) is 0.776.